The number of likely N-dealkylation sites (tertiary alicyclic amines) is 3. The summed E-state index contributed by atoms with van der Waals surface area (Å²) in [6.45, 7) is 14.5. The molecule has 6 aliphatic heterocycles. The van der Waals surface area contributed by atoms with E-state index in [1.54, 1.807) is 53.8 Å². The number of carbonyl (C=O) groups excluding carboxylic acids is 4. The van der Waals surface area contributed by atoms with Crippen LogP contribution in [0.4, 0.5) is 0 Å². The van der Waals surface area contributed by atoms with Gasteiger partial charge in [-0.2, -0.15) is 0 Å². The Morgan fingerprint density at radius 1 is 0.568 bits per heavy atom. The Labute approximate surface area is 482 Å². The third-order valence-electron chi connectivity index (χ3n) is 17.2. The lowest BCUT2D eigenvalue weighted by Crippen LogP contribution is -2.45. The minimum absolute atomic E-state index is 0.00282. The lowest BCUT2D eigenvalue weighted by Gasteiger charge is -2.38. The Balaban J connectivity index is 0.000000136. The topological polar surface area (TPSA) is 213 Å². The molecule has 3 fully saturated rings. The molecule has 0 aliphatic carbocycles. The average molecular weight is 1140 g/mol. The van der Waals surface area contributed by atoms with Crippen molar-refractivity contribution in [3.8, 4) is 23.0 Å². The lowest BCUT2D eigenvalue weighted by atomic mass is 9.74. The quantitative estimate of drug-likeness (QED) is 0.0829. The molecule has 4 aromatic carbocycles. The molecule has 2 aromatic heterocycles. The van der Waals surface area contributed by atoms with Gasteiger partial charge in [0.1, 0.15) is 27.9 Å². The average Bonchev–Trinajstić information content (AvgIpc) is 4.45. The molecule has 6 aromatic rings. The molecule has 0 atom stereocenters. The predicted octanol–water partition coefficient (Wildman–Crippen LogP) is 9.45. The lowest BCUT2D eigenvalue weighted by molar-refractivity contribution is -0.127. The summed E-state index contributed by atoms with van der Waals surface area (Å²) < 4.78 is 22.5. The first-order valence-electron chi connectivity index (χ1n) is 28.0. The fraction of sp³-hybridized carbons (Fsp3) is 0.406. The van der Waals surface area contributed by atoms with Gasteiger partial charge < -0.3 is 56.0 Å². The van der Waals surface area contributed by atoms with Crippen molar-refractivity contribution < 1.29 is 43.2 Å². The third kappa shape index (κ3) is 12.0. The number of thiophene rings is 2. The first kappa shape index (κ1) is 57.2. The molecule has 7 N–H and O–H groups in total. The van der Waals surface area contributed by atoms with Gasteiger partial charge in [0, 0.05) is 103 Å². The van der Waals surface area contributed by atoms with Crippen LogP contribution in [0.5, 0.6) is 23.0 Å². The molecule has 0 radical (unpaired) electrons. The number of phenolic OH excluding ortho intramolecular Hbond substituents is 1. The van der Waals surface area contributed by atoms with E-state index in [-0.39, 0.29) is 45.1 Å². The number of amides is 3. The van der Waals surface area contributed by atoms with Crippen LogP contribution in [0, 0.1) is 0 Å². The number of nitrogens with zero attached hydrogens (tertiary/aromatic N) is 3. The summed E-state index contributed by atoms with van der Waals surface area (Å²) in [5.74, 6) is 2.81. The van der Waals surface area contributed by atoms with Crippen molar-refractivity contribution in [2.24, 2.45) is 17.2 Å². The molecular weight excluding hydrogens is 1060 g/mol. The molecule has 3 amide bonds. The Morgan fingerprint density at radius 2 is 0.988 bits per heavy atom. The van der Waals surface area contributed by atoms with Gasteiger partial charge in [-0.25, -0.2) is 4.79 Å². The third-order valence-corrected chi connectivity index (χ3v) is 19.7. The van der Waals surface area contributed by atoms with Crippen molar-refractivity contribution in [1.29, 1.82) is 0 Å². The fourth-order valence-corrected chi connectivity index (χ4v) is 13.9. The summed E-state index contributed by atoms with van der Waals surface area (Å²) in [7, 11) is 1.34. The fourth-order valence-electron chi connectivity index (χ4n) is 12.0. The highest BCUT2D eigenvalue weighted by atomic mass is 32.1. The van der Waals surface area contributed by atoms with Gasteiger partial charge in [0.25, 0.3) is 11.8 Å². The number of piperidine rings is 3. The van der Waals surface area contributed by atoms with E-state index in [0.29, 0.717) is 75.4 Å². The van der Waals surface area contributed by atoms with E-state index < -0.39 is 5.97 Å². The van der Waals surface area contributed by atoms with Gasteiger partial charge in [-0.15, -0.1) is 22.7 Å². The van der Waals surface area contributed by atoms with Crippen LogP contribution in [-0.4, -0.2) is 110 Å². The summed E-state index contributed by atoms with van der Waals surface area (Å²) in [5, 5.41) is 9.51. The summed E-state index contributed by atoms with van der Waals surface area (Å²) in [6.07, 6.45) is 8.70. The SMILES string of the molecule is CC(C)(C)c1ccc(C(=O)N2CCC3(CC2)COc2ccc(CN)cc23)s1.COC(=O)c1ccc(C(=O)N2CCC3(CC2)COc2ccc(CN)cc23)s1.NCc1ccc2c(c1)C1(CCN(C(=O)/C=C/c3cccc(O)c3)CC1)CO2. The van der Waals surface area contributed by atoms with E-state index in [2.05, 4.69) is 45.0 Å². The van der Waals surface area contributed by atoms with Crippen molar-refractivity contribution in [3.63, 3.8) is 0 Å². The van der Waals surface area contributed by atoms with Crippen LogP contribution in [-0.2, 0) is 50.8 Å². The minimum atomic E-state index is -0.410. The monoisotopic (exact) mass is 1130 g/mol. The van der Waals surface area contributed by atoms with E-state index in [1.165, 1.54) is 40.0 Å². The van der Waals surface area contributed by atoms with Crippen LogP contribution in [0.1, 0.15) is 132 Å². The highest BCUT2D eigenvalue weighted by Crippen LogP contribution is 2.49. The van der Waals surface area contributed by atoms with Crippen molar-refractivity contribution >= 4 is 52.4 Å². The molecule has 17 heteroatoms. The number of carbonyl (C=O) groups is 4. The number of hydrogen-bond acceptors (Lipinski definition) is 14. The number of hydrogen-bond donors (Lipinski definition) is 4. The van der Waals surface area contributed by atoms with Crippen LogP contribution in [0.2, 0.25) is 0 Å². The molecule has 81 heavy (non-hydrogen) atoms. The maximum atomic E-state index is 13.0. The smallest absolute Gasteiger partial charge is 0.348 e. The number of methoxy groups -OCH3 is 1. The van der Waals surface area contributed by atoms with Crippen molar-refractivity contribution in [3.05, 3.63) is 168 Å². The second-order valence-electron chi connectivity index (χ2n) is 23.2. The zero-order chi connectivity index (χ0) is 57.1. The summed E-state index contributed by atoms with van der Waals surface area (Å²) in [4.78, 5) is 58.8. The number of nitrogens with two attached hydrogens (primary N) is 3. The Morgan fingerprint density at radius 3 is 1.40 bits per heavy atom. The van der Waals surface area contributed by atoms with E-state index in [9.17, 15) is 24.3 Å². The molecule has 426 valence electrons. The van der Waals surface area contributed by atoms with E-state index in [4.69, 9.17) is 36.1 Å². The van der Waals surface area contributed by atoms with Gasteiger partial charge in [-0.1, -0.05) is 69.3 Å². The number of ether oxygens (including phenoxy) is 4. The second-order valence-corrected chi connectivity index (χ2v) is 25.4. The molecule has 12 rings (SSSR count). The maximum absolute atomic E-state index is 13.0. The Hall–Kier alpha value is -7.02. The van der Waals surface area contributed by atoms with Gasteiger partial charge in [-0.05, 0) is 127 Å². The number of esters is 1. The summed E-state index contributed by atoms with van der Waals surface area (Å²) >= 11 is 2.81. The van der Waals surface area contributed by atoms with Gasteiger partial charge in [-0.3, -0.25) is 14.4 Å². The van der Waals surface area contributed by atoms with Gasteiger partial charge in [0.2, 0.25) is 5.91 Å². The molecule has 15 nitrogen and oxygen atoms in total. The van der Waals surface area contributed by atoms with Crippen LogP contribution in [0.25, 0.3) is 6.08 Å². The first-order chi connectivity index (χ1) is 39.0. The molecular formula is C64H74N6O9S2. The molecule has 8 heterocycles. The summed E-state index contributed by atoms with van der Waals surface area (Å²) in [5.41, 5.74) is 25.4. The highest BCUT2D eigenvalue weighted by molar-refractivity contribution is 7.15. The van der Waals surface area contributed by atoms with Crippen LogP contribution < -0.4 is 31.4 Å². The Kier molecular flexibility index (Phi) is 16.8. The predicted molar refractivity (Wildman–Crippen MR) is 316 cm³/mol. The van der Waals surface area contributed by atoms with E-state index in [1.807, 2.05) is 63.2 Å². The van der Waals surface area contributed by atoms with Gasteiger partial charge in [0.05, 0.1) is 36.7 Å². The maximum Gasteiger partial charge on any atom is 0.348 e. The summed E-state index contributed by atoms with van der Waals surface area (Å²) in [6, 6.07) is 32.9. The number of fused-ring (bicyclic) bond motifs is 6. The van der Waals surface area contributed by atoms with Gasteiger partial charge >= 0.3 is 5.97 Å². The standard InChI is InChI=1S/C22H24N2O3.C22H28N2O2S.C20H22N2O4S/c23-14-17-4-6-20-19(13-17)22(15-27-20)8-10-24(11-9-22)21(26)7-5-16-2-1-3-18(25)12-16;1-21(2,3)19-7-6-18(27-19)20(25)24-10-8-22(9-11-24)14-26-17-5-4-15(13-23)12-16(17)22;1-25-19(24)17-5-4-16(27-17)18(23)22-8-6-20(7-9-22)12-26-15-3-2-13(11-21)10-14(15)20/h1-7,12-13,25H,8-11,14-15,23H2;4-7,12H,8-11,13-14,23H2,1-3H3;2-5,10H,6-9,11-12,21H2,1H3/b7-5+;;. The highest BCUT2D eigenvalue weighted by Gasteiger charge is 2.47. The van der Waals surface area contributed by atoms with Crippen LogP contribution in [0.3, 0.4) is 0 Å². The van der Waals surface area contributed by atoms with Crippen molar-refractivity contribution in [2.45, 2.75) is 101 Å². The van der Waals surface area contributed by atoms with Gasteiger partial charge in [0.15, 0.2) is 0 Å². The molecule has 3 saturated heterocycles. The molecule has 3 spiro atoms. The largest absolute Gasteiger partial charge is 0.508 e. The molecule has 0 bridgehead atoms. The van der Waals surface area contributed by atoms with E-state index in [0.717, 1.165) is 96.0 Å². The van der Waals surface area contributed by atoms with Crippen molar-refractivity contribution in [2.75, 3.05) is 66.2 Å². The normalized spacial score (nSPS) is 17.9. The number of aromatic hydroxyl groups is 1. The van der Waals surface area contributed by atoms with Crippen LogP contribution >= 0.6 is 22.7 Å². The zero-order valence-corrected chi connectivity index (χ0v) is 48.4. The number of benzene rings is 4. The first-order valence-corrected chi connectivity index (χ1v) is 29.6. The molecule has 0 saturated carbocycles. The Bertz CT molecular complexity index is 3320. The molecule has 6 aliphatic rings. The van der Waals surface area contributed by atoms with Crippen LogP contribution in [0.15, 0.2) is 109 Å². The minimum Gasteiger partial charge on any atom is -0.508 e. The number of rotatable bonds is 8. The van der Waals surface area contributed by atoms with Crippen molar-refractivity contribution in [1.82, 2.24) is 14.7 Å². The second kappa shape index (κ2) is 23.8. The zero-order valence-electron chi connectivity index (χ0n) is 46.8. The number of phenols is 1. The molecule has 0 unspecified atom stereocenters. The van der Waals surface area contributed by atoms with E-state index >= 15 is 0 Å².